The molecule has 0 aliphatic heterocycles. The number of hydrogen-bond acceptors (Lipinski definition) is 4. The van der Waals surface area contributed by atoms with Crippen LogP contribution in [0.3, 0.4) is 0 Å². The van der Waals surface area contributed by atoms with Crippen molar-refractivity contribution in [3.63, 3.8) is 0 Å². The van der Waals surface area contributed by atoms with Crippen molar-refractivity contribution in [3.05, 3.63) is 58.0 Å². The summed E-state index contributed by atoms with van der Waals surface area (Å²) in [5, 5.41) is 12.9. The Bertz CT molecular complexity index is 941. The maximum atomic E-state index is 14.0. The van der Waals surface area contributed by atoms with Crippen molar-refractivity contribution in [1.29, 1.82) is 0 Å². The van der Waals surface area contributed by atoms with Gasteiger partial charge < -0.3 is 5.32 Å². The van der Waals surface area contributed by atoms with E-state index in [1.165, 1.54) is 18.6 Å². The number of pyridine rings is 1. The van der Waals surface area contributed by atoms with Gasteiger partial charge in [0.2, 0.25) is 5.82 Å². The Hall–Kier alpha value is -3.43. The van der Waals surface area contributed by atoms with E-state index in [1.807, 2.05) is 0 Å². The first-order chi connectivity index (χ1) is 11.0. The van der Waals surface area contributed by atoms with Crippen molar-refractivity contribution >= 4 is 28.4 Å². The Balaban J connectivity index is 1.96. The first-order valence-electron chi connectivity index (χ1n) is 6.26. The highest BCUT2D eigenvalue weighted by Gasteiger charge is 2.26. The van der Waals surface area contributed by atoms with Gasteiger partial charge in [-0.25, -0.2) is 9.37 Å². The zero-order valence-corrected chi connectivity index (χ0v) is 11.3. The highest BCUT2D eigenvalue weighted by Crippen LogP contribution is 2.24. The minimum atomic E-state index is -1.53. The number of nitrogens with one attached hydrogen (secondary N) is 3. The molecule has 0 saturated carbocycles. The predicted molar refractivity (Wildman–Crippen MR) is 73.6 cm³/mol. The molecule has 1 amide bonds. The molecule has 116 valence electrons. The fourth-order valence-electron chi connectivity index (χ4n) is 2.02. The molecule has 0 spiro atoms. The molecule has 0 atom stereocenters. The highest BCUT2D eigenvalue weighted by atomic mass is 19.1. The monoisotopic (exact) mass is 320 g/mol. The smallest absolute Gasteiger partial charge is 0.305 e. The van der Waals surface area contributed by atoms with Gasteiger partial charge in [0, 0.05) is 12.1 Å². The molecule has 0 aliphatic rings. The molecule has 8 nitrogen and oxygen atoms in total. The second-order valence-electron chi connectivity index (χ2n) is 4.52. The van der Waals surface area contributed by atoms with E-state index in [0.29, 0.717) is 23.3 Å². The van der Waals surface area contributed by atoms with Crippen molar-refractivity contribution in [2.45, 2.75) is 0 Å². The lowest BCUT2D eigenvalue weighted by Gasteiger charge is -2.06. The maximum absolute atomic E-state index is 14.0. The van der Waals surface area contributed by atoms with Crippen molar-refractivity contribution < 1.29 is 23.5 Å². The highest BCUT2D eigenvalue weighted by molar-refractivity contribution is 6.05. The molecular formula is C13H8F2N5O3+. The molecule has 23 heavy (non-hydrogen) atoms. The first-order valence-corrected chi connectivity index (χ1v) is 6.26. The third-order valence-electron chi connectivity index (χ3n) is 3.08. The lowest BCUT2D eigenvalue weighted by molar-refractivity contribution is -0.387. The van der Waals surface area contributed by atoms with Crippen molar-refractivity contribution in [2.75, 3.05) is 5.32 Å². The molecule has 2 aromatic heterocycles. The van der Waals surface area contributed by atoms with Crippen molar-refractivity contribution in [2.24, 2.45) is 0 Å². The molecule has 3 aromatic rings. The van der Waals surface area contributed by atoms with Crippen LogP contribution in [0.1, 0.15) is 10.4 Å². The number of rotatable bonds is 3. The van der Waals surface area contributed by atoms with E-state index in [1.54, 1.807) is 0 Å². The number of nitrogens with zero attached hydrogens (tertiary/aromatic N) is 2. The summed E-state index contributed by atoms with van der Waals surface area (Å²) in [5.74, 6) is -3.89. The van der Waals surface area contributed by atoms with Crippen LogP contribution in [0, 0.1) is 21.7 Å². The van der Waals surface area contributed by atoms with Gasteiger partial charge in [0.25, 0.3) is 11.6 Å². The second kappa shape index (κ2) is 5.40. The van der Waals surface area contributed by atoms with Crippen LogP contribution in [0.4, 0.5) is 20.2 Å². The van der Waals surface area contributed by atoms with E-state index in [4.69, 9.17) is 0 Å². The molecule has 10 heteroatoms. The topological polar surface area (TPSA) is 115 Å². The van der Waals surface area contributed by atoms with Crippen LogP contribution in [0.5, 0.6) is 0 Å². The second-order valence-corrected chi connectivity index (χ2v) is 4.52. The van der Waals surface area contributed by atoms with Gasteiger partial charge in [-0.15, -0.1) is 4.98 Å². The first kappa shape index (κ1) is 14.5. The molecule has 3 rings (SSSR count). The Morgan fingerprint density at radius 3 is 2.91 bits per heavy atom. The van der Waals surface area contributed by atoms with Gasteiger partial charge in [-0.05, 0) is 6.07 Å². The van der Waals surface area contributed by atoms with Gasteiger partial charge in [0.15, 0.2) is 11.8 Å². The third kappa shape index (κ3) is 2.57. The number of halogens is 2. The number of anilines is 1. The van der Waals surface area contributed by atoms with Crippen molar-refractivity contribution in [3.8, 4) is 0 Å². The quantitative estimate of drug-likeness (QED) is 0.565. The molecule has 2 heterocycles. The number of carbonyl (C=O) groups is 1. The van der Waals surface area contributed by atoms with Gasteiger partial charge >= 0.3 is 5.69 Å². The zero-order valence-electron chi connectivity index (χ0n) is 11.3. The number of hydrogen-bond donors (Lipinski definition) is 2. The average molecular weight is 320 g/mol. The summed E-state index contributed by atoms with van der Waals surface area (Å²) < 4.78 is 27.7. The average Bonchev–Trinajstić information content (AvgIpc) is 2.94. The largest absolute Gasteiger partial charge is 0.319 e. The van der Waals surface area contributed by atoms with Crippen LogP contribution in [-0.4, -0.2) is 20.8 Å². The summed E-state index contributed by atoms with van der Waals surface area (Å²) in [6.45, 7) is 0. The Morgan fingerprint density at radius 2 is 2.17 bits per heavy atom. The fraction of sp³-hybridized carbons (Fsp3) is 0. The lowest BCUT2D eigenvalue weighted by Crippen LogP contribution is -2.17. The van der Waals surface area contributed by atoms with E-state index in [9.17, 15) is 23.7 Å². The third-order valence-corrected chi connectivity index (χ3v) is 3.08. The molecule has 3 N–H and O–H groups in total. The molecule has 0 fully saturated rings. The number of nitro groups is 1. The standard InChI is InChI=1S/C13H7F2N5O3/c14-7-1-2-9(20(22)23)11(15)10(7)13(21)19-6-3-8-12(16-4-6)18-5-17-8/h1-5H,(H,19,21)(H,16,17,18)/p+1. The summed E-state index contributed by atoms with van der Waals surface area (Å²) in [7, 11) is 0. The van der Waals surface area contributed by atoms with E-state index in [2.05, 4.69) is 20.3 Å². The Kier molecular flexibility index (Phi) is 3.41. The summed E-state index contributed by atoms with van der Waals surface area (Å²) in [6.07, 6.45) is 2.79. The van der Waals surface area contributed by atoms with Crippen LogP contribution in [-0.2, 0) is 0 Å². The molecule has 1 aromatic carbocycles. The molecule has 0 saturated heterocycles. The van der Waals surface area contributed by atoms with Crippen molar-refractivity contribution in [1.82, 2.24) is 9.97 Å². The van der Waals surface area contributed by atoms with E-state index >= 15 is 0 Å². The van der Waals surface area contributed by atoms with Crippen LogP contribution in [0.25, 0.3) is 11.2 Å². The summed E-state index contributed by atoms with van der Waals surface area (Å²) in [5.41, 5.74) is -0.761. The van der Waals surface area contributed by atoms with Gasteiger partial charge in [-0.3, -0.25) is 19.9 Å². The van der Waals surface area contributed by atoms with Gasteiger partial charge in [0.05, 0.1) is 10.6 Å². The molecule has 0 bridgehead atoms. The Labute approximate surface area is 126 Å². The molecule has 0 radical (unpaired) electrons. The van der Waals surface area contributed by atoms with Gasteiger partial charge in [-0.1, -0.05) is 0 Å². The zero-order chi connectivity index (χ0) is 16.6. The molecular weight excluding hydrogens is 312 g/mol. The van der Waals surface area contributed by atoms with E-state index < -0.39 is 33.7 Å². The number of carbonyl (C=O) groups excluding carboxylic acids is 1. The lowest BCUT2D eigenvalue weighted by atomic mass is 10.1. The number of H-pyrrole nitrogens is 2. The summed E-state index contributed by atoms with van der Waals surface area (Å²) >= 11 is 0. The van der Waals surface area contributed by atoms with Gasteiger partial charge in [0.1, 0.15) is 17.6 Å². The summed E-state index contributed by atoms with van der Waals surface area (Å²) in [4.78, 5) is 31.3. The van der Waals surface area contributed by atoms with Crippen LogP contribution in [0.2, 0.25) is 0 Å². The number of imidazole rings is 1. The van der Waals surface area contributed by atoms with Crippen LogP contribution < -0.4 is 10.3 Å². The SMILES string of the molecule is O=C(Nc1cnc2[nH+]c[nH]c2c1)c1c(F)ccc([N+](=O)[O-])c1F. The maximum Gasteiger partial charge on any atom is 0.305 e. The number of fused-ring (bicyclic) bond motifs is 1. The van der Waals surface area contributed by atoms with E-state index in [0.717, 1.165) is 0 Å². The number of nitro benzene ring substituents is 1. The predicted octanol–water partition coefficient (Wildman–Crippen LogP) is 1.82. The molecule has 0 aliphatic carbocycles. The Morgan fingerprint density at radius 1 is 1.39 bits per heavy atom. The van der Waals surface area contributed by atoms with Gasteiger partial charge in [-0.2, -0.15) is 4.39 Å². The number of aromatic amines is 2. The normalized spacial score (nSPS) is 10.7. The molecule has 0 unspecified atom stereocenters. The minimum absolute atomic E-state index is 0.170. The number of amides is 1. The minimum Gasteiger partial charge on any atom is -0.319 e. The summed E-state index contributed by atoms with van der Waals surface area (Å²) in [6, 6.07) is 2.81. The van der Waals surface area contributed by atoms with Crippen LogP contribution in [0.15, 0.2) is 30.7 Å². The fourth-order valence-corrected chi connectivity index (χ4v) is 2.02. The van der Waals surface area contributed by atoms with E-state index in [-0.39, 0.29) is 5.69 Å². The van der Waals surface area contributed by atoms with Crippen LogP contribution >= 0.6 is 0 Å². The number of aromatic nitrogens is 3. The number of benzene rings is 1.